The van der Waals surface area contributed by atoms with Crippen LogP contribution in [0.25, 0.3) is 0 Å². The third kappa shape index (κ3) is 3.91. The molecule has 24 heavy (non-hydrogen) atoms. The van der Waals surface area contributed by atoms with Crippen LogP contribution in [0.3, 0.4) is 0 Å². The van der Waals surface area contributed by atoms with Gasteiger partial charge in [0.1, 0.15) is 5.00 Å². The number of Topliss-reactive ketones (excluding diaryl/α,β-unsaturated/α-hetero) is 1. The standard InChI is InChI=1S/C17H16BrNO4S/c1-4-23-17(22)13-9(2)14(10(3)20)24-16(13)19-15(21)11-5-7-12(18)8-6-11/h5-8H,4H2,1-3H3,(H,19,21). The van der Waals surface area contributed by atoms with Gasteiger partial charge in [0.25, 0.3) is 5.91 Å². The van der Waals surface area contributed by atoms with Gasteiger partial charge in [-0.3, -0.25) is 9.59 Å². The van der Waals surface area contributed by atoms with Crippen LogP contribution in [0.15, 0.2) is 28.7 Å². The second-order valence-electron chi connectivity index (χ2n) is 5.00. The van der Waals surface area contributed by atoms with Crippen LogP contribution >= 0.6 is 27.3 Å². The van der Waals surface area contributed by atoms with Gasteiger partial charge in [-0.2, -0.15) is 0 Å². The van der Waals surface area contributed by atoms with E-state index in [-0.39, 0.29) is 23.9 Å². The first-order valence-electron chi connectivity index (χ1n) is 7.23. The first-order chi connectivity index (χ1) is 11.3. The fraction of sp³-hybridized carbons (Fsp3) is 0.235. The van der Waals surface area contributed by atoms with Crippen LogP contribution in [0, 0.1) is 6.92 Å². The molecule has 0 saturated carbocycles. The van der Waals surface area contributed by atoms with E-state index in [4.69, 9.17) is 4.74 Å². The highest BCUT2D eigenvalue weighted by Crippen LogP contribution is 2.34. The van der Waals surface area contributed by atoms with Gasteiger partial charge in [0, 0.05) is 10.0 Å². The molecule has 2 aromatic rings. The van der Waals surface area contributed by atoms with Crippen molar-refractivity contribution < 1.29 is 19.1 Å². The minimum Gasteiger partial charge on any atom is -0.462 e. The Hall–Kier alpha value is -1.99. The summed E-state index contributed by atoms with van der Waals surface area (Å²) in [4.78, 5) is 36.8. The highest BCUT2D eigenvalue weighted by Gasteiger charge is 2.25. The van der Waals surface area contributed by atoms with Crippen LogP contribution in [-0.4, -0.2) is 24.3 Å². The van der Waals surface area contributed by atoms with Crippen LogP contribution in [0.2, 0.25) is 0 Å². The van der Waals surface area contributed by atoms with Crippen LogP contribution in [0.5, 0.6) is 0 Å². The van der Waals surface area contributed by atoms with Crippen molar-refractivity contribution in [2.45, 2.75) is 20.8 Å². The summed E-state index contributed by atoms with van der Waals surface area (Å²) in [5.41, 5.74) is 1.21. The Balaban J connectivity index is 2.39. The lowest BCUT2D eigenvalue weighted by Gasteiger charge is -2.07. The highest BCUT2D eigenvalue weighted by molar-refractivity contribution is 9.10. The second-order valence-corrected chi connectivity index (χ2v) is 6.93. The van der Waals surface area contributed by atoms with E-state index in [0.29, 0.717) is 21.0 Å². The molecule has 0 saturated heterocycles. The van der Waals surface area contributed by atoms with Gasteiger partial charge in [0.05, 0.1) is 17.0 Å². The third-order valence-electron chi connectivity index (χ3n) is 3.28. The normalized spacial score (nSPS) is 10.3. The maximum atomic E-state index is 12.4. The van der Waals surface area contributed by atoms with Crippen molar-refractivity contribution in [2.75, 3.05) is 11.9 Å². The predicted octanol–water partition coefficient (Wildman–Crippen LogP) is 4.45. The van der Waals surface area contributed by atoms with Gasteiger partial charge in [0.2, 0.25) is 0 Å². The summed E-state index contributed by atoms with van der Waals surface area (Å²) < 4.78 is 5.90. The maximum Gasteiger partial charge on any atom is 0.341 e. The molecule has 0 radical (unpaired) electrons. The number of hydrogen-bond acceptors (Lipinski definition) is 5. The van der Waals surface area contributed by atoms with Gasteiger partial charge in [-0.1, -0.05) is 15.9 Å². The molecule has 1 amide bonds. The number of carbonyl (C=O) groups excluding carboxylic acids is 3. The zero-order valence-corrected chi connectivity index (χ0v) is 15.8. The van der Waals surface area contributed by atoms with Crippen LogP contribution < -0.4 is 5.32 Å². The predicted molar refractivity (Wildman–Crippen MR) is 97.1 cm³/mol. The molecular weight excluding hydrogens is 394 g/mol. The molecule has 126 valence electrons. The van der Waals surface area contributed by atoms with Gasteiger partial charge < -0.3 is 10.1 Å². The SMILES string of the molecule is CCOC(=O)c1c(NC(=O)c2ccc(Br)cc2)sc(C(C)=O)c1C. The van der Waals surface area contributed by atoms with E-state index in [1.54, 1.807) is 38.1 Å². The van der Waals surface area contributed by atoms with Gasteiger partial charge in [0.15, 0.2) is 5.78 Å². The number of ether oxygens (including phenoxy) is 1. The minimum atomic E-state index is -0.551. The molecule has 1 aromatic heterocycles. The van der Waals surface area contributed by atoms with E-state index in [1.165, 1.54) is 6.92 Å². The monoisotopic (exact) mass is 409 g/mol. The third-order valence-corrected chi connectivity index (χ3v) is 5.12. The van der Waals surface area contributed by atoms with Crippen molar-refractivity contribution in [1.29, 1.82) is 0 Å². The Kier molecular flexibility index (Phi) is 5.90. The molecule has 1 aromatic carbocycles. The molecule has 0 spiro atoms. The summed E-state index contributed by atoms with van der Waals surface area (Å²) in [5, 5.41) is 3.04. The molecular formula is C17H16BrNO4S. The van der Waals surface area contributed by atoms with Crippen molar-refractivity contribution in [1.82, 2.24) is 0 Å². The van der Waals surface area contributed by atoms with Crippen molar-refractivity contribution in [3.8, 4) is 0 Å². The number of benzene rings is 1. The number of amides is 1. The number of nitrogens with one attached hydrogen (secondary N) is 1. The number of rotatable bonds is 5. The molecule has 0 aliphatic rings. The van der Waals surface area contributed by atoms with E-state index in [2.05, 4.69) is 21.2 Å². The zero-order chi connectivity index (χ0) is 17.9. The Labute approximate surface area is 152 Å². The lowest BCUT2D eigenvalue weighted by Crippen LogP contribution is -2.14. The van der Waals surface area contributed by atoms with Crippen molar-refractivity contribution >= 4 is 49.9 Å². The molecule has 1 N–H and O–H groups in total. The summed E-state index contributed by atoms with van der Waals surface area (Å²) in [5.74, 6) is -1.07. The molecule has 0 aliphatic heterocycles. The van der Waals surface area contributed by atoms with Gasteiger partial charge in [-0.05, 0) is 50.6 Å². The Morgan fingerprint density at radius 2 is 1.83 bits per heavy atom. The Morgan fingerprint density at radius 3 is 2.38 bits per heavy atom. The molecule has 0 aliphatic carbocycles. The molecule has 5 nitrogen and oxygen atoms in total. The molecule has 7 heteroatoms. The van der Waals surface area contributed by atoms with E-state index < -0.39 is 5.97 Å². The van der Waals surface area contributed by atoms with Gasteiger partial charge >= 0.3 is 5.97 Å². The van der Waals surface area contributed by atoms with Crippen molar-refractivity contribution in [3.63, 3.8) is 0 Å². The van der Waals surface area contributed by atoms with Crippen LogP contribution in [-0.2, 0) is 4.74 Å². The number of ketones is 1. The Morgan fingerprint density at radius 1 is 1.21 bits per heavy atom. The number of esters is 1. The molecule has 1 heterocycles. The number of anilines is 1. The molecule has 0 unspecified atom stereocenters. The van der Waals surface area contributed by atoms with E-state index in [0.717, 1.165) is 15.8 Å². The summed E-state index contributed by atoms with van der Waals surface area (Å²) >= 11 is 4.39. The number of carbonyl (C=O) groups is 3. The largest absolute Gasteiger partial charge is 0.462 e. The highest BCUT2D eigenvalue weighted by atomic mass is 79.9. The zero-order valence-electron chi connectivity index (χ0n) is 13.4. The fourth-order valence-electron chi connectivity index (χ4n) is 2.16. The van der Waals surface area contributed by atoms with Crippen LogP contribution in [0.1, 0.15) is 49.8 Å². The first-order valence-corrected chi connectivity index (χ1v) is 8.84. The second kappa shape index (κ2) is 7.72. The fourth-order valence-corrected chi connectivity index (χ4v) is 3.51. The average Bonchev–Trinajstić information content (AvgIpc) is 2.84. The lowest BCUT2D eigenvalue weighted by atomic mass is 10.1. The van der Waals surface area contributed by atoms with E-state index in [1.807, 2.05) is 0 Å². The smallest absolute Gasteiger partial charge is 0.341 e. The minimum absolute atomic E-state index is 0.160. The van der Waals surface area contributed by atoms with Crippen LogP contribution in [0.4, 0.5) is 5.00 Å². The van der Waals surface area contributed by atoms with Gasteiger partial charge in [-0.15, -0.1) is 11.3 Å². The molecule has 0 fully saturated rings. The molecule has 0 bridgehead atoms. The number of thiophene rings is 1. The van der Waals surface area contributed by atoms with E-state index in [9.17, 15) is 14.4 Å². The maximum absolute atomic E-state index is 12.4. The first kappa shape index (κ1) is 18.4. The number of hydrogen-bond donors (Lipinski definition) is 1. The van der Waals surface area contributed by atoms with Crippen molar-refractivity contribution in [3.05, 3.63) is 50.3 Å². The van der Waals surface area contributed by atoms with E-state index >= 15 is 0 Å². The van der Waals surface area contributed by atoms with Crippen molar-refractivity contribution in [2.24, 2.45) is 0 Å². The Bertz CT molecular complexity index is 796. The summed E-state index contributed by atoms with van der Waals surface area (Å²) in [6.07, 6.45) is 0. The summed E-state index contributed by atoms with van der Waals surface area (Å²) in [6.45, 7) is 5.01. The summed E-state index contributed by atoms with van der Waals surface area (Å²) in [7, 11) is 0. The quantitative estimate of drug-likeness (QED) is 0.584. The lowest BCUT2D eigenvalue weighted by molar-refractivity contribution is 0.0527. The average molecular weight is 410 g/mol. The topological polar surface area (TPSA) is 72.5 Å². The van der Waals surface area contributed by atoms with Gasteiger partial charge in [-0.25, -0.2) is 4.79 Å². The molecule has 2 rings (SSSR count). The number of halogens is 1. The summed E-state index contributed by atoms with van der Waals surface area (Å²) in [6, 6.07) is 6.83. The molecule has 0 atom stereocenters.